The van der Waals surface area contributed by atoms with E-state index in [0.717, 1.165) is 11.3 Å². The molecule has 146 valence electrons. The predicted molar refractivity (Wildman–Crippen MR) is 90.5 cm³/mol. The number of aliphatic carboxylic acids is 2. The molecule has 0 saturated carbocycles. The van der Waals surface area contributed by atoms with Gasteiger partial charge in [-0.15, -0.1) is 11.3 Å². The number of hydrogen-bond acceptors (Lipinski definition) is 8. The molecule has 1 aromatic rings. The summed E-state index contributed by atoms with van der Waals surface area (Å²) >= 11 is 1.10. The van der Waals surface area contributed by atoms with E-state index in [2.05, 4.69) is 15.6 Å². The second-order valence-corrected chi connectivity index (χ2v) is 6.64. The quantitative estimate of drug-likeness (QED) is 0.267. The summed E-state index contributed by atoms with van der Waals surface area (Å²) in [4.78, 5) is 38.6. The molecule has 1 unspecified atom stereocenters. The number of hydrogen-bond donors (Lipinski definition) is 7. The summed E-state index contributed by atoms with van der Waals surface area (Å²) in [6.45, 7) is 0.911. The third-order valence-electron chi connectivity index (χ3n) is 3.39. The minimum Gasteiger partial charge on any atom is -0.481 e. The van der Waals surface area contributed by atoms with Gasteiger partial charge in [0, 0.05) is 17.5 Å². The fourth-order valence-corrected chi connectivity index (χ4v) is 2.98. The number of nitrogens with zero attached hydrogens (tertiary/aromatic N) is 1. The lowest BCUT2D eigenvalue weighted by molar-refractivity contribution is -0.141. The number of nitrogens with two attached hydrogens (primary N) is 1. The molecule has 0 fully saturated rings. The van der Waals surface area contributed by atoms with E-state index in [1.54, 1.807) is 0 Å². The van der Waals surface area contributed by atoms with E-state index in [0.29, 0.717) is 9.88 Å². The third-order valence-corrected chi connectivity index (χ3v) is 4.63. The van der Waals surface area contributed by atoms with Crippen molar-refractivity contribution in [2.24, 2.45) is 5.73 Å². The minimum atomic E-state index is -1.52. The van der Waals surface area contributed by atoms with Crippen LogP contribution in [0.1, 0.15) is 41.7 Å². The fourth-order valence-electron chi connectivity index (χ4n) is 1.98. The molecule has 0 aromatic carbocycles. The molecule has 0 aliphatic carbocycles. The van der Waals surface area contributed by atoms with Crippen molar-refractivity contribution in [1.29, 1.82) is 0 Å². The van der Waals surface area contributed by atoms with Crippen molar-refractivity contribution in [2.75, 3.05) is 6.61 Å². The number of thiazole rings is 1. The Labute approximate surface area is 152 Å². The van der Waals surface area contributed by atoms with Crippen LogP contribution in [-0.2, 0) is 9.59 Å². The standard InChI is InChI=1S/C14H22N4O7S/c1-6(20)11(13(23)24)18-14(25)17-8(2-3-10(21)22)12-16-4-9(26-12)7(15)5-19/h4,6-8,11,19-20H,2-3,5,15H2,1H3,(H,21,22)(H,23,24)(H2,17,18,25)/t6-,7-,8?,11-/m0/s1. The zero-order valence-electron chi connectivity index (χ0n) is 14.0. The molecule has 0 spiro atoms. The van der Waals surface area contributed by atoms with E-state index in [1.807, 2.05) is 0 Å². The molecule has 12 heteroatoms. The lowest BCUT2D eigenvalue weighted by Gasteiger charge is -2.20. The molecule has 26 heavy (non-hydrogen) atoms. The number of aromatic nitrogens is 1. The van der Waals surface area contributed by atoms with Gasteiger partial charge in [0.1, 0.15) is 5.01 Å². The van der Waals surface area contributed by atoms with Gasteiger partial charge in [-0.05, 0) is 13.3 Å². The van der Waals surface area contributed by atoms with Gasteiger partial charge < -0.3 is 36.8 Å². The molecule has 8 N–H and O–H groups in total. The van der Waals surface area contributed by atoms with Crippen LogP contribution in [0.25, 0.3) is 0 Å². The van der Waals surface area contributed by atoms with Gasteiger partial charge in [0.2, 0.25) is 0 Å². The summed E-state index contributed by atoms with van der Waals surface area (Å²) < 4.78 is 0. The maximum Gasteiger partial charge on any atom is 0.328 e. The summed E-state index contributed by atoms with van der Waals surface area (Å²) in [6.07, 6.45) is -0.157. The Hall–Kier alpha value is -2.28. The first-order valence-corrected chi connectivity index (χ1v) is 8.49. The van der Waals surface area contributed by atoms with Crippen molar-refractivity contribution in [3.05, 3.63) is 16.1 Å². The lowest BCUT2D eigenvalue weighted by atomic mass is 10.1. The molecule has 1 rings (SSSR count). The van der Waals surface area contributed by atoms with Gasteiger partial charge in [0.05, 0.1) is 24.8 Å². The fraction of sp³-hybridized carbons (Fsp3) is 0.571. The Morgan fingerprint density at radius 3 is 2.46 bits per heavy atom. The lowest BCUT2D eigenvalue weighted by Crippen LogP contribution is -2.51. The molecule has 2 amide bonds. The van der Waals surface area contributed by atoms with Crippen molar-refractivity contribution < 1.29 is 34.8 Å². The number of amides is 2. The SMILES string of the molecule is C[C@H](O)[C@H](NC(=O)NC(CCC(=O)O)c1ncc([C@@H](N)CO)s1)C(=O)O. The highest BCUT2D eigenvalue weighted by atomic mass is 32.1. The maximum absolute atomic E-state index is 12.1. The Balaban J connectivity index is 2.89. The Kier molecular flexibility index (Phi) is 8.38. The molecule has 11 nitrogen and oxygen atoms in total. The van der Waals surface area contributed by atoms with Crippen molar-refractivity contribution in [3.8, 4) is 0 Å². The van der Waals surface area contributed by atoms with Crippen molar-refractivity contribution >= 4 is 29.3 Å². The summed E-state index contributed by atoms with van der Waals surface area (Å²) in [5, 5.41) is 41.2. The monoisotopic (exact) mass is 390 g/mol. The van der Waals surface area contributed by atoms with Crippen LogP contribution in [0, 0.1) is 0 Å². The number of urea groups is 1. The summed E-state index contributed by atoms with van der Waals surface area (Å²) in [5.74, 6) is -2.49. The van der Waals surface area contributed by atoms with E-state index in [-0.39, 0.29) is 19.4 Å². The number of carbonyl (C=O) groups excluding carboxylic acids is 1. The van der Waals surface area contributed by atoms with E-state index >= 15 is 0 Å². The molecule has 0 radical (unpaired) electrons. The van der Waals surface area contributed by atoms with Crippen LogP contribution in [0.5, 0.6) is 0 Å². The first kappa shape index (κ1) is 21.8. The van der Waals surface area contributed by atoms with E-state index < -0.39 is 42.2 Å². The average molecular weight is 390 g/mol. The van der Waals surface area contributed by atoms with Crippen LogP contribution in [0.4, 0.5) is 4.79 Å². The molecule has 0 aliphatic rings. The van der Waals surface area contributed by atoms with E-state index in [9.17, 15) is 19.5 Å². The molecule has 1 heterocycles. The number of aliphatic hydroxyl groups excluding tert-OH is 2. The molecule has 0 bridgehead atoms. The summed E-state index contributed by atoms with van der Waals surface area (Å²) in [6, 6.07) is -3.87. The van der Waals surface area contributed by atoms with Crippen LogP contribution in [0.3, 0.4) is 0 Å². The van der Waals surface area contributed by atoms with Crippen LogP contribution in [-0.4, -0.2) is 62.1 Å². The van der Waals surface area contributed by atoms with Crippen LogP contribution < -0.4 is 16.4 Å². The second-order valence-electron chi connectivity index (χ2n) is 5.55. The van der Waals surface area contributed by atoms with E-state index in [4.69, 9.17) is 21.1 Å². The largest absolute Gasteiger partial charge is 0.481 e. The van der Waals surface area contributed by atoms with Gasteiger partial charge in [-0.1, -0.05) is 0 Å². The molecule has 4 atom stereocenters. The number of nitrogens with one attached hydrogen (secondary N) is 2. The number of carboxylic acid groups (broad SMARTS) is 2. The average Bonchev–Trinajstić information content (AvgIpc) is 3.04. The van der Waals surface area contributed by atoms with Gasteiger partial charge in [-0.25, -0.2) is 14.6 Å². The molecule has 0 saturated heterocycles. The number of rotatable bonds is 10. The summed E-state index contributed by atoms with van der Waals surface area (Å²) in [7, 11) is 0. The summed E-state index contributed by atoms with van der Waals surface area (Å²) in [5.41, 5.74) is 5.70. The van der Waals surface area contributed by atoms with Crippen LogP contribution in [0.2, 0.25) is 0 Å². The highest BCUT2D eigenvalue weighted by Crippen LogP contribution is 2.26. The number of carboxylic acids is 2. The van der Waals surface area contributed by atoms with Gasteiger partial charge in [0.15, 0.2) is 6.04 Å². The first-order chi connectivity index (χ1) is 12.1. The van der Waals surface area contributed by atoms with Crippen molar-refractivity contribution in [1.82, 2.24) is 15.6 Å². The van der Waals surface area contributed by atoms with Crippen molar-refractivity contribution in [2.45, 2.75) is 44.0 Å². The van der Waals surface area contributed by atoms with Crippen LogP contribution >= 0.6 is 11.3 Å². The normalized spacial score (nSPS) is 15.5. The highest BCUT2D eigenvalue weighted by molar-refractivity contribution is 7.11. The highest BCUT2D eigenvalue weighted by Gasteiger charge is 2.27. The zero-order valence-corrected chi connectivity index (χ0v) is 14.8. The second kappa shape index (κ2) is 10.0. The Morgan fingerprint density at radius 1 is 1.31 bits per heavy atom. The smallest absolute Gasteiger partial charge is 0.328 e. The number of aliphatic hydroxyl groups is 2. The van der Waals surface area contributed by atoms with Gasteiger partial charge >= 0.3 is 18.0 Å². The van der Waals surface area contributed by atoms with E-state index in [1.165, 1.54) is 13.1 Å². The molecule has 0 aliphatic heterocycles. The Bertz CT molecular complexity index is 637. The predicted octanol–water partition coefficient (Wildman–Crippen LogP) is -0.826. The molecular weight excluding hydrogens is 368 g/mol. The zero-order chi connectivity index (χ0) is 19.9. The Morgan fingerprint density at radius 2 is 1.96 bits per heavy atom. The van der Waals surface area contributed by atoms with Crippen molar-refractivity contribution in [3.63, 3.8) is 0 Å². The first-order valence-electron chi connectivity index (χ1n) is 7.67. The van der Waals surface area contributed by atoms with Gasteiger partial charge in [-0.2, -0.15) is 0 Å². The topological polar surface area (TPSA) is 195 Å². The number of carbonyl (C=O) groups is 3. The minimum absolute atomic E-state index is 0.0104. The maximum atomic E-state index is 12.1. The van der Waals surface area contributed by atoms with Crippen LogP contribution in [0.15, 0.2) is 6.20 Å². The molecular formula is C14H22N4O7S. The van der Waals surface area contributed by atoms with Gasteiger partial charge in [-0.3, -0.25) is 4.79 Å². The molecule has 1 aromatic heterocycles. The van der Waals surface area contributed by atoms with Gasteiger partial charge in [0.25, 0.3) is 0 Å². The third kappa shape index (κ3) is 6.55.